The summed E-state index contributed by atoms with van der Waals surface area (Å²) in [5, 5.41) is 12.8. The van der Waals surface area contributed by atoms with Crippen LogP contribution in [-0.2, 0) is 4.79 Å². The number of aliphatic hydroxyl groups excluding tert-OH is 1. The number of thioether (sulfide) groups is 2. The summed E-state index contributed by atoms with van der Waals surface area (Å²) in [6, 6.07) is 15.7. The van der Waals surface area contributed by atoms with Gasteiger partial charge in [-0.15, -0.1) is 23.5 Å². The molecule has 0 spiro atoms. The molecule has 0 bridgehead atoms. The van der Waals surface area contributed by atoms with Gasteiger partial charge < -0.3 is 10.4 Å². The second-order valence-electron chi connectivity index (χ2n) is 5.14. The van der Waals surface area contributed by atoms with E-state index in [4.69, 9.17) is 0 Å². The average Bonchev–Trinajstić information content (AvgIpc) is 2.64. The van der Waals surface area contributed by atoms with E-state index in [2.05, 4.69) is 5.32 Å². The Morgan fingerprint density at radius 2 is 1.58 bits per heavy atom. The molecule has 0 aliphatic heterocycles. The first-order chi connectivity index (χ1) is 11.6. The van der Waals surface area contributed by atoms with Crippen LogP contribution < -0.4 is 5.32 Å². The summed E-state index contributed by atoms with van der Waals surface area (Å²) >= 11 is 3.33. The normalized spacial score (nSPS) is 12.3. The Labute approximate surface area is 151 Å². The summed E-state index contributed by atoms with van der Waals surface area (Å²) in [6.45, 7) is 0.188. The summed E-state index contributed by atoms with van der Waals surface area (Å²) in [4.78, 5) is 14.2. The minimum atomic E-state index is -0.709. The van der Waals surface area contributed by atoms with E-state index in [1.54, 1.807) is 29.6 Å². The Balaban J connectivity index is 1.83. The van der Waals surface area contributed by atoms with E-state index in [-0.39, 0.29) is 12.5 Å². The van der Waals surface area contributed by atoms with Crippen LogP contribution in [0.25, 0.3) is 6.08 Å². The first-order valence-corrected chi connectivity index (χ1v) is 9.99. The minimum absolute atomic E-state index is 0.188. The lowest BCUT2D eigenvalue weighted by molar-refractivity contribution is -0.116. The molecule has 0 aromatic heterocycles. The van der Waals surface area contributed by atoms with E-state index < -0.39 is 6.10 Å². The molecule has 0 fully saturated rings. The van der Waals surface area contributed by atoms with E-state index in [1.165, 1.54) is 11.0 Å². The molecule has 2 aromatic rings. The fraction of sp³-hybridized carbons (Fsp3) is 0.211. The highest BCUT2D eigenvalue weighted by Crippen LogP contribution is 2.19. The lowest BCUT2D eigenvalue weighted by Gasteiger charge is -2.11. The molecule has 0 saturated carbocycles. The average molecular weight is 360 g/mol. The van der Waals surface area contributed by atoms with Gasteiger partial charge in [-0.25, -0.2) is 0 Å². The molecule has 1 atom stereocenters. The number of rotatable bonds is 7. The van der Waals surface area contributed by atoms with Gasteiger partial charge in [0.15, 0.2) is 0 Å². The van der Waals surface area contributed by atoms with Crippen molar-refractivity contribution < 1.29 is 9.90 Å². The second kappa shape index (κ2) is 9.57. The lowest BCUT2D eigenvalue weighted by atomic mass is 10.1. The highest BCUT2D eigenvalue weighted by molar-refractivity contribution is 7.98. The van der Waals surface area contributed by atoms with Crippen molar-refractivity contribution in [3.05, 3.63) is 65.7 Å². The first-order valence-electron chi connectivity index (χ1n) is 7.54. The Hall–Kier alpha value is -1.69. The van der Waals surface area contributed by atoms with Crippen LogP contribution in [0.4, 0.5) is 0 Å². The monoisotopic (exact) mass is 359 g/mol. The van der Waals surface area contributed by atoms with Crippen molar-refractivity contribution in [1.82, 2.24) is 5.32 Å². The Kier molecular flexibility index (Phi) is 7.43. The molecule has 0 radical (unpaired) electrons. The molecule has 0 aliphatic rings. The molecule has 1 amide bonds. The largest absolute Gasteiger partial charge is 0.387 e. The summed E-state index contributed by atoms with van der Waals surface area (Å²) in [7, 11) is 0. The maximum absolute atomic E-state index is 11.9. The number of carbonyl (C=O) groups is 1. The molecule has 2 rings (SSSR count). The number of nitrogens with one attached hydrogen (secondary N) is 1. The van der Waals surface area contributed by atoms with Crippen LogP contribution in [0.3, 0.4) is 0 Å². The third kappa shape index (κ3) is 5.74. The summed E-state index contributed by atoms with van der Waals surface area (Å²) < 4.78 is 0. The molecular formula is C19H21NO2S2. The highest BCUT2D eigenvalue weighted by atomic mass is 32.2. The van der Waals surface area contributed by atoms with E-state index in [0.717, 1.165) is 16.0 Å². The molecule has 3 nitrogen and oxygen atoms in total. The number of hydrogen-bond acceptors (Lipinski definition) is 4. The molecule has 1 unspecified atom stereocenters. The lowest BCUT2D eigenvalue weighted by Crippen LogP contribution is -2.26. The predicted octanol–water partition coefficient (Wildman–Crippen LogP) is 3.99. The number of aliphatic hydroxyl groups is 1. The van der Waals surface area contributed by atoms with Crippen molar-refractivity contribution in [3.63, 3.8) is 0 Å². The van der Waals surface area contributed by atoms with Gasteiger partial charge in [-0.05, 0) is 54.0 Å². The third-order valence-electron chi connectivity index (χ3n) is 3.51. The number of benzene rings is 2. The van der Waals surface area contributed by atoms with Gasteiger partial charge in [0.1, 0.15) is 0 Å². The van der Waals surface area contributed by atoms with Gasteiger partial charge in [-0.1, -0.05) is 24.3 Å². The zero-order valence-corrected chi connectivity index (χ0v) is 15.4. The second-order valence-corrected chi connectivity index (χ2v) is 6.90. The highest BCUT2D eigenvalue weighted by Gasteiger charge is 2.08. The van der Waals surface area contributed by atoms with Crippen LogP contribution in [0.5, 0.6) is 0 Å². The Bertz CT molecular complexity index is 682. The predicted molar refractivity (Wildman–Crippen MR) is 103 cm³/mol. The molecule has 0 heterocycles. The number of hydrogen-bond donors (Lipinski definition) is 2. The Morgan fingerprint density at radius 1 is 1.04 bits per heavy atom. The maximum atomic E-state index is 11.9. The third-order valence-corrected chi connectivity index (χ3v) is 5.00. The van der Waals surface area contributed by atoms with Gasteiger partial charge in [0, 0.05) is 22.4 Å². The fourth-order valence-electron chi connectivity index (χ4n) is 2.09. The smallest absolute Gasteiger partial charge is 0.244 e. The molecule has 0 aliphatic carbocycles. The minimum Gasteiger partial charge on any atom is -0.387 e. The quantitative estimate of drug-likeness (QED) is 0.580. The summed E-state index contributed by atoms with van der Waals surface area (Å²) in [5.41, 5.74) is 1.76. The van der Waals surface area contributed by atoms with Crippen molar-refractivity contribution >= 4 is 35.5 Å². The van der Waals surface area contributed by atoms with Crippen molar-refractivity contribution in [2.45, 2.75) is 15.9 Å². The molecular weight excluding hydrogens is 338 g/mol. The zero-order valence-electron chi connectivity index (χ0n) is 13.7. The van der Waals surface area contributed by atoms with Crippen LogP contribution >= 0.6 is 23.5 Å². The molecule has 126 valence electrons. The van der Waals surface area contributed by atoms with Crippen LogP contribution in [0.15, 0.2) is 64.4 Å². The van der Waals surface area contributed by atoms with Gasteiger partial charge in [-0.3, -0.25) is 4.79 Å². The van der Waals surface area contributed by atoms with Crippen molar-refractivity contribution in [2.75, 3.05) is 19.1 Å². The Morgan fingerprint density at radius 3 is 2.12 bits per heavy atom. The van der Waals surface area contributed by atoms with E-state index >= 15 is 0 Å². The standard InChI is InChI=1S/C19H21NO2S2/c1-23-16-8-3-14(4-9-16)5-12-19(22)20-13-18(21)15-6-10-17(24-2)11-7-15/h3-12,18,21H,13H2,1-2H3,(H,20,22)/b12-5+. The van der Waals surface area contributed by atoms with E-state index in [0.29, 0.717) is 0 Å². The van der Waals surface area contributed by atoms with Crippen molar-refractivity contribution in [2.24, 2.45) is 0 Å². The van der Waals surface area contributed by atoms with Crippen molar-refractivity contribution in [1.29, 1.82) is 0 Å². The van der Waals surface area contributed by atoms with Gasteiger partial charge in [0.05, 0.1) is 6.10 Å². The molecule has 5 heteroatoms. The van der Waals surface area contributed by atoms with Crippen LogP contribution in [0.2, 0.25) is 0 Å². The summed E-state index contributed by atoms with van der Waals surface area (Å²) in [5.74, 6) is -0.219. The molecule has 24 heavy (non-hydrogen) atoms. The number of amides is 1. The number of carbonyl (C=O) groups excluding carboxylic acids is 1. The van der Waals surface area contributed by atoms with Crippen LogP contribution in [0, 0.1) is 0 Å². The van der Waals surface area contributed by atoms with Gasteiger partial charge in [0.25, 0.3) is 0 Å². The van der Waals surface area contributed by atoms with Gasteiger partial charge in [-0.2, -0.15) is 0 Å². The van der Waals surface area contributed by atoms with E-state index in [9.17, 15) is 9.90 Å². The zero-order chi connectivity index (χ0) is 17.4. The topological polar surface area (TPSA) is 49.3 Å². The molecule has 0 saturated heterocycles. The first kappa shape index (κ1) is 18.6. The fourth-order valence-corrected chi connectivity index (χ4v) is 2.90. The van der Waals surface area contributed by atoms with Gasteiger partial charge >= 0.3 is 0 Å². The molecule has 2 N–H and O–H groups in total. The van der Waals surface area contributed by atoms with Crippen LogP contribution in [0.1, 0.15) is 17.2 Å². The van der Waals surface area contributed by atoms with Gasteiger partial charge in [0.2, 0.25) is 5.91 Å². The van der Waals surface area contributed by atoms with E-state index in [1.807, 2.05) is 61.0 Å². The molecule has 2 aromatic carbocycles. The SMILES string of the molecule is CSc1ccc(/C=C/C(=O)NCC(O)c2ccc(SC)cc2)cc1. The summed E-state index contributed by atoms with van der Waals surface area (Å²) in [6.07, 6.45) is 6.57. The van der Waals surface area contributed by atoms with Crippen LogP contribution in [-0.4, -0.2) is 30.1 Å². The maximum Gasteiger partial charge on any atom is 0.244 e. The van der Waals surface area contributed by atoms with Crippen molar-refractivity contribution in [3.8, 4) is 0 Å².